The van der Waals surface area contributed by atoms with E-state index in [0.717, 1.165) is 43.7 Å². The van der Waals surface area contributed by atoms with Crippen LogP contribution in [0.2, 0.25) is 0 Å². The number of aromatic nitrogens is 1. The van der Waals surface area contributed by atoms with Gasteiger partial charge >= 0.3 is 0 Å². The normalized spacial score (nSPS) is 26.2. The highest BCUT2D eigenvalue weighted by atomic mass is 32.1. The van der Waals surface area contributed by atoms with Crippen LogP contribution in [0.5, 0.6) is 5.75 Å². The Morgan fingerprint density at radius 1 is 0.976 bits per heavy atom. The number of hydrogen-bond donors (Lipinski definition) is 0. The highest BCUT2D eigenvalue weighted by Crippen LogP contribution is 2.58. The molecule has 2 bridgehead atoms. The van der Waals surface area contributed by atoms with Crippen LogP contribution >= 0.6 is 11.5 Å². The summed E-state index contributed by atoms with van der Waals surface area (Å²) in [5.74, 6) is 2.12. The van der Waals surface area contributed by atoms with E-state index >= 15 is 0 Å². The zero-order valence-corrected chi connectivity index (χ0v) is 25.5. The Bertz CT molecular complexity index is 1390. The van der Waals surface area contributed by atoms with Gasteiger partial charge in [-0.25, -0.2) is 0 Å². The maximum Gasteiger partial charge on any atom is 0.230 e. The molecule has 0 spiro atoms. The molecular weight excluding hydrogens is 524 g/mol. The first-order chi connectivity index (χ1) is 20.0. The van der Waals surface area contributed by atoms with Gasteiger partial charge in [0.25, 0.3) is 0 Å². The number of anilines is 1. The fourth-order valence-corrected chi connectivity index (χ4v) is 8.80. The molecule has 8 rings (SSSR count). The fourth-order valence-electron chi connectivity index (χ4n) is 7.99. The van der Waals surface area contributed by atoms with E-state index in [9.17, 15) is 4.79 Å². The SMILES string of the molecule is COc1ccc(C23CCC(CN(C(=O)C4CC[CH]CC4)c4cccc(-c5cc(C6CC6)ns5)c4)(CC2)CC3)cc1C. The van der Waals surface area contributed by atoms with Crippen molar-refractivity contribution in [1.82, 2.24) is 4.37 Å². The summed E-state index contributed by atoms with van der Waals surface area (Å²) in [4.78, 5) is 17.7. The number of fused-ring (bicyclic) bond motifs is 3. The third-order valence-electron chi connectivity index (χ3n) is 10.9. The number of carbonyl (C=O) groups excluding carboxylic acids is 1. The Kier molecular flexibility index (Phi) is 7.21. The zero-order valence-electron chi connectivity index (χ0n) is 24.7. The number of methoxy groups -OCH3 is 1. The van der Waals surface area contributed by atoms with E-state index in [1.165, 1.54) is 78.6 Å². The molecule has 5 aliphatic rings. The lowest BCUT2D eigenvalue weighted by atomic mass is 9.51. The molecule has 0 aliphatic heterocycles. The maximum absolute atomic E-state index is 14.3. The van der Waals surface area contributed by atoms with Crippen LogP contribution in [0.4, 0.5) is 5.69 Å². The lowest BCUT2D eigenvalue weighted by Gasteiger charge is -2.55. The first-order valence-electron chi connectivity index (χ1n) is 15.8. The third-order valence-corrected chi connectivity index (χ3v) is 11.8. The molecule has 215 valence electrons. The Hall–Kier alpha value is -2.66. The topological polar surface area (TPSA) is 42.4 Å². The molecule has 4 nitrogen and oxygen atoms in total. The number of ether oxygens (including phenoxy) is 1. The van der Waals surface area contributed by atoms with Crippen LogP contribution in [-0.2, 0) is 10.2 Å². The Labute approximate surface area is 249 Å². The number of hydrogen-bond acceptors (Lipinski definition) is 4. The molecule has 2 aromatic carbocycles. The molecule has 0 unspecified atom stereocenters. The monoisotopic (exact) mass is 567 g/mol. The van der Waals surface area contributed by atoms with E-state index in [4.69, 9.17) is 9.11 Å². The van der Waals surface area contributed by atoms with Gasteiger partial charge in [0.15, 0.2) is 0 Å². The van der Waals surface area contributed by atoms with Gasteiger partial charge in [0, 0.05) is 24.1 Å². The first kappa shape index (κ1) is 27.2. The van der Waals surface area contributed by atoms with Crippen molar-refractivity contribution in [2.45, 2.75) is 95.3 Å². The van der Waals surface area contributed by atoms with Crippen molar-refractivity contribution in [3.05, 3.63) is 71.8 Å². The summed E-state index contributed by atoms with van der Waals surface area (Å²) in [6.07, 6.45) is 16.2. The van der Waals surface area contributed by atoms with Crippen molar-refractivity contribution in [1.29, 1.82) is 0 Å². The summed E-state index contributed by atoms with van der Waals surface area (Å²) >= 11 is 1.61. The van der Waals surface area contributed by atoms with Crippen LogP contribution in [0.3, 0.4) is 0 Å². The largest absolute Gasteiger partial charge is 0.496 e. The molecule has 1 aromatic heterocycles. The number of nitrogens with zero attached hydrogens (tertiary/aromatic N) is 2. The smallest absolute Gasteiger partial charge is 0.230 e. The molecule has 5 aliphatic carbocycles. The number of carbonyl (C=O) groups is 1. The highest BCUT2D eigenvalue weighted by molar-refractivity contribution is 7.09. The van der Waals surface area contributed by atoms with Gasteiger partial charge in [-0.1, -0.05) is 24.3 Å². The van der Waals surface area contributed by atoms with Gasteiger partial charge in [0.1, 0.15) is 5.75 Å². The molecule has 0 atom stereocenters. The van der Waals surface area contributed by atoms with Gasteiger partial charge in [0.2, 0.25) is 5.91 Å². The van der Waals surface area contributed by atoms with Crippen LogP contribution < -0.4 is 9.64 Å². The molecule has 3 aromatic rings. The minimum atomic E-state index is 0.137. The third kappa shape index (κ3) is 5.24. The van der Waals surface area contributed by atoms with Crippen molar-refractivity contribution >= 4 is 23.1 Å². The quantitative estimate of drug-likeness (QED) is 0.273. The Morgan fingerprint density at radius 2 is 1.73 bits per heavy atom. The molecule has 1 amide bonds. The molecule has 1 heterocycles. The number of aryl methyl sites for hydroxylation is 1. The summed E-state index contributed by atoms with van der Waals surface area (Å²) in [5, 5.41) is 0. The van der Waals surface area contributed by atoms with E-state index in [-0.39, 0.29) is 16.7 Å². The minimum absolute atomic E-state index is 0.137. The van der Waals surface area contributed by atoms with E-state index < -0.39 is 0 Å². The van der Waals surface area contributed by atoms with E-state index in [1.807, 2.05) is 0 Å². The summed E-state index contributed by atoms with van der Waals surface area (Å²) in [6, 6.07) is 17.9. The standard InChI is InChI=1S/C36H43N2O2S/c1-25-21-29(13-14-32(25)40-2)36-18-15-35(16-19-36,17-20-36)24-38(34(39)27-7-4-3-5-8-27)30-10-6-9-28(22-30)33-23-31(37-41-33)26-11-12-26/h3,6,9-10,13-14,21-23,26-27H,4-5,7-8,11-12,15-20,24H2,1-2H3. The molecule has 5 heteroatoms. The first-order valence-corrected chi connectivity index (χ1v) is 16.6. The molecule has 5 fully saturated rings. The van der Waals surface area contributed by atoms with Crippen molar-refractivity contribution in [2.24, 2.45) is 11.3 Å². The predicted octanol–water partition coefficient (Wildman–Crippen LogP) is 9.02. The van der Waals surface area contributed by atoms with Crippen molar-refractivity contribution in [3.63, 3.8) is 0 Å². The maximum atomic E-state index is 14.3. The highest BCUT2D eigenvalue weighted by Gasteiger charge is 2.50. The number of rotatable bonds is 8. The van der Waals surface area contributed by atoms with E-state index in [1.54, 1.807) is 18.6 Å². The lowest BCUT2D eigenvalue weighted by molar-refractivity contribution is -0.123. The van der Waals surface area contributed by atoms with Crippen LogP contribution in [-0.4, -0.2) is 23.9 Å². The van der Waals surface area contributed by atoms with Gasteiger partial charge in [-0.15, -0.1) is 0 Å². The second-order valence-corrected chi connectivity index (χ2v) is 14.3. The van der Waals surface area contributed by atoms with Crippen molar-refractivity contribution in [3.8, 4) is 16.2 Å². The van der Waals surface area contributed by atoms with Gasteiger partial charge in [-0.3, -0.25) is 4.79 Å². The second-order valence-electron chi connectivity index (χ2n) is 13.5. The van der Waals surface area contributed by atoms with Crippen molar-refractivity contribution < 1.29 is 9.53 Å². The molecule has 5 saturated carbocycles. The Morgan fingerprint density at radius 3 is 2.41 bits per heavy atom. The van der Waals surface area contributed by atoms with Gasteiger partial charge in [0.05, 0.1) is 17.7 Å². The van der Waals surface area contributed by atoms with Crippen LogP contribution in [0.25, 0.3) is 10.4 Å². The average Bonchev–Trinajstić information content (AvgIpc) is 3.77. The summed E-state index contributed by atoms with van der Waals surface area (Å²) < 4.78 is 10.3. The zero-order chi connectivity index (χ0) is 28.0. The Balaban J connectivity index is 1.15. The van der Waals surface area contributed by atoms with Crippen molar-refractivity contribution in [2.75, 3.05) is 18.6 Å². The molecule has 0 saturated heterocycles. The van der Waals surface area contributed by atoms with Gasteiger partial charge in [-0.2, -0.15) is 4.37 Å². The molecule has 0 N–H and O–H groups in total. The van der Waals surface area contributed by atoms with Gasteiger partial charge < -0.3 is 9.64 Å². The lowest BCUT2D eigenvalue weighted by Crippen LogP contribution is -2.51. The number of amides is 1. The van der Waals surface area contributed by atoms with Crippen LogP contribution in [0, 0.1) is 24.7 Å². The fraction of sp³-hybridized carbons (Fsp3) is 0.528. The van der Waals surface area contributed by atoms with E-state index in [2.05, 4.69) is 66.8 Å². The number of benzene rings is 2. The van der Waals surface area contributed by atoms with Crippen LogP contribution in [0.15, 0.2) is 48.5 Å². The summed E-state index contributed by atoms with van der Waals surface area (Å²) in [5.41, 5.74) is 6.72. The molecule has 41 heavy (non-hydrogen) atoms. The molecule has 1 radical (unpaired) electrons. The van der Waals surface area contributed by atoms with Gasteiger partial charge in [-0.05, 0) is 154 Å². The summed E-state index contributed by atoms with van der Waals surface area (Å²) in [7, 11) is 1.76. The van der Waals surface area contributed by atoms with Crippen LogP contribution in [0.1, 0.15) is 99.8 Å². The second kappa shape index (κ2) is 10.9. The molecular formula is C36H43N2O2S. The summed E-state index contributed by atoms with van der Waals surface area (Å²) in [6.45, 7) is 3.01. The predicted molar refractivity (Wildman–Crippen MR) is 168 cm³/mol. The van der Waals surface area contributed by atoms with E-state index in [0.29, 0.717) is 11.8 Å². The minimum Gasteiger partial charge on any atom is -0.496 e. The average molecular weight is 568 g/mol.